The Bertz CT molecular complexity index is 624. The highest BCUT2D eigenvalue weighted by Gasteiger charge is 2.18. The smallest absolute Gasteiger partial charge is 0.248 e. The minimum Gasteiger partial charge on any atom is -0.366 e. The van der Waals surface area contributed by atoms with Crippen molar-refractivity contribution >= 4 is 29.2 Å². The van der Waals surface area contributed by atoms with Gasteiger partial charge in [-0.25, -0.2) is 0 Å². The summed E-state index contributed by atoms with van der Waals surface area (Å²) < 4.78 is 0. The van der Waals surface area contributed by atoms with E-state index in [-0.39, 0.29) is 18.3 Å². The third kappa shape index (κ3) is 2.76. The number of nitrogens with two attached hydrogens (primary N) is 1. The monoisotopic (exact) mass is 291 g/mol. The second kappa shape index (κ2) is 6.20. The zero-order valence-electron chi connectivity index (χ0n) is 11.1. The zero-order valence-corrected chi connectivity index (χ0v) is 12.0. The molecule has 0 atom stereocenters. The molecule has 0 spiro atoms. The van der Waals surface area contributed by atoms with E-state index in [1.165, 1.54) is 5.56 Å². The average molecular weight is 292 g/mol. The molecular weight excluding hydrogens is 274 g/mol. The van der Waals surface area contributed by atoms with E-state index >= 15 is 0 Å². The fourth-order valence-electron chi connectivity index (χ4n) is 2.81. The van der Waals surface area contributed by atoms with Crippen LogP contribution in [0.4, 0.5) is 0 Å². The van der Waals surface area contributed by atoms with Gasteiger partial charge in [-0.15, -0.1) is 12.4 Å². The summed E-state index contributed by atoms with van der Waals surface area (Å²) in [7, 11) is 0. The van der Waals surface area contributed by atoms with Crippen LogP contribution in [0.25, 0.3) is 10.9 Å². The molecule has 0 bridgehead atoms. The van der Waals surface area contributed by atoms with Crippen LogP contribution in [-0.4, -0.2) is 24.0 Å². The van der Waals surface area contributed by atoms with Crippen LogP contribution in [0.2, 0.25) is 0 Å². The molecule has 2 aromatic rings. The standard InChI is InChI=1S/C15H17N3O.ClH/c16-15(19)11-1-2-14-13(9-11)12(5-8-18-14)10-3-6-17-7-4-10;/h1-2,5,8-10,17H,3-4,6-7H2,(H2,16,19);1H. The number of carbonyl (C=O) groups is 1. The van der Waals surface area contributed by atoms with Crippen molar-refractivity contribution in [2.45, 2.75) is 18.8 Å². The first kappa shape index (κ1) is 14.8. The molecule has 1 saturated heterocycles. The van der Waals surface area contributed by atoms with Crippen LogP contribution in [0.15, 0.2) is 30.5 Å². The summed E-state index contributed by atoms with van der Waals surface area (Å²) in [6.45, 7) is 2.09. The quantitative estimate of drug-likeness (QED) is 0.891. The molecule has 0 saturated carbocycles. The molecule has 3 N–H and O–H groups in total. The van der Waals surface area contributed by atoms with Gasteiger partial charge in [0, 0.05) is 17.1 Å². The van der Waals surface area contributed by atoms with E-state index in [9.17, 15) is 4.79 Å². The molecule has 4 nitrogen and oxygen atoms in total. The maximum absolute atomic E-state index is 11.3. The molecule has 5 heteroatoms. The van der Waals surface area contributed by atoms with E-state index in [0.29, 0.717) is 11.5 Å². The van der Waals surface area contributed by atoms with Crippen molar-refractivity contribution in [1.29, 1.82) is 0 Å². The van der Waals surface area contributed by atoms with Gasteiger partial charge in [-0.2, -0.15) is 0 Å². The van der Waals surface area contributed by atoms with Crippen LogP contribution in [0.1, 0.15) is 34.7 Å². The number of piperidine rings is 1. The van der Waals surface area contributed by atoms with Gasteiger partial charge in [0.25, 0.3) is 0 Å². The van der Waals surface area contributed by atoms with Crippen LogP contribution in [-0.2, 0) is 0 Å². The highest BCUT2D eigenvalue weighted by molar-refractivity contribution is 5.97. The van der Waals surface area contributed by atoms with Gasteiger partial charge < -0.3 is 11.1 Å². The summed E-state index contributed by atoms with van der Waals surface area (Å²) in [6.07, 6.45) is 4.10. The third-order valence-corrected chi connectivity index (χ3v) is 3.84. The highest BCUT2D eigenvalue weighted by Crippen LogP contribution is 2.30. The Hall–Kier alpha value is -1.65. The Balaban J connectivity index is 0.00000147. The van der Waals surface area contributed by atoms with Gasteiger partial charge in [-0.3, -0.25) is 9.78 Å². The first-order valence-electron chi connectivity index (χ1n) is 6.65. The number of carbonyl (C=O) groups excluding carboxylic acids is 1. The predicted octanol–water partition coefficient (Wildman–Crippen LogP) is 2.22. The van der Waals surface area contributed by atoms with Gasteiger partial charge in [0.15, 0.2) is 0 Å². The SMILES string of the molecule is Cl.NC(=O)c1ccc2nccc(C3CCNCC3)c2c1. The van der Waals surface area contributed by atoms with Crippen LogP contribution in [0.3, 0.4) is 0 Å². The van der Waals surface area contributed by atoms with Gasteiger partial charge in [0.05, 0.1) is 5.52 Å². The molecule has 20 heavy (non-hydrogen) atoms. The van der Waals surface area contributed by atoms with E-state index in [1.807, 2.05) is 18.3 Å². The number of halogens is 1. The minimum atomic E-state index is -0.387. The summed E-state index contributed by atoms with van der Waals surface area (Å²) in [5.41, 5.74) is 8.13. The second-order valence-electron chi connectivity index (χ2n) is 5.02. The summed E-state index contributed by atoms with van der Waals surface area (Å²) in [4.78, 5) is 15.7. The summed E-state index contributed by atoms with van der Waals surface area (Å²) in [5.74, 6) is 0.150. The molecule has 0 aliphatic carbocycles. The lowest BCUT2D eigenvalue weighted by Gasteiger charge is -2.24. The average Bonchev–Trinajstić information content (AvgIpc) is 2.47. The zero-order chi connectivity index (χ0) is 13.2. The number of hydrogen-bond donors (Lipinski definition) is 2. The van der Waals surface area contributed by atoms with Crippen LogP contribution >= 0.6 is 12.4 Å². The Kier molecular flexibility index (Phi) is 4.57. The molecule has 0 unspecified atom stereocenters. The second-order valence-corrected chi connectivity index (χ2v) is 5.02. The summed E-state index contributed by atoms with van der Waals surface area (Å²) in [6, 6.07) is 7.56. The van der Waals surface area contributed by atoms with Crippen molar-refractivity contribution in [2.24, 2.45) is 5.73 Å². The number of aromatic nitrogens is 1. The number of nitrogens with zero attached hydrogens (tertiary/aromatic N) is 1. The lowest BCUT2D eigenvalue weighted by molar-refractivity contribution is 0.100. The number of primary amides is 1. The number of hydrogen-bond acceptors (Lipinski definition) is 3. The molecule has 1 aromatic heterocycles. The van der Waals surface area contributed by atoms with Crippen molar-refractivity contribution < 1.29 is 4.79 Å². The largest absolute Gasteiger partial charge is 0.366 e. The van der Waals surface area contributed by atoms with E-state index in [0.717, 1.165) is 36.8 Å². The normalized spacial score (nSPS) is 15.8. The summed E-state index contributed by atoms with van der Waals surface area (Å²) >= 11 is 0. The molecular formula is C15H18ClN3O. The number of rotatable bonds is 2. The fourth-order valence-corrected chi connectivity index (χ4v) is 2.81. The number of fused-ring (bicyclic) bond motifs is 1. The number of nitrogens with one attached hydrogen (secondary N) is 1. The lowest BCUT2D eigenvalue weighted by Crippen LogP contribution is -2.26. The van der Waals surface area contributed by atoms with Crippen LogP contribution in [0, 0.1) is 0 Å². The van der Waals surface area contributed by atoms with Crippen molar-refractivity contribution in [3.05, 3.63) is 41.6 Å². The minimum absolute atomic E-state index is 0. The van der Waals surface area contributed by atoms with Gasteiger partial charge in [-0.05, 0) is 61.7 Å². The van der Waals surface area contributed by atoms with Gasteiger partial charge >= 0.3 is 0 Å². The van der Waals surface area contributed by atoms with Gasteiger partial charge in [-0.1, -0.05) is 0 Å². The molecule has 106 valence electrons. The fraction of sp³-hybridized carbons (Fsp3) is 0.333. The summed E-state index contributed by atoms with van der Waals surface area (Å²) in [5, 5.41) is 4.43. The Morgan fingerprint density at radius 1 is 1.25 bits per heavy atom. The third-order valence-electron chi connectivity index (χ3n) is 3.84. The van der Waals surface area contributed by atoms with E-state index in [4.69, 9.17) is 5.73 Å². The van der Waals surface area contributed by atoms with E-state index in [2.05, 4.69) is 16.4 Å². The van der Waals surface area contributed by atoms with Gasteiger partial charge in [0.2, 0.25) is 5.91 Å². The van der Waals surface area contributed by atoms with E-state index < -0.39 is 0 Å². The van der Waals surface area contributed by atoms with Crippen molar-refractivity contribution in [1.82, 2.24) is 10.3 Å². The van der Waals surface area contributed by atoms with Crippen molar-refractivity contribution in [2.75, 3.05) is 13.1 Å². The lowest BCUT2D eigenvalue weighted by atomic mass is 9.88. The molecule has 1 fully saturated rings. The molecule has 1 aliphatic rings. The number of pyridine rings is 1. The highest BCUT2D eigenvalue weighted by atomic mass is 35.5. The molecule has 1 amide bonds. The van der Waals surface area contributed by atoms with Crippen molar-refractivity contribution in [3.63, 3.8) is 0 Å². The molecule has 2 heterocycles. The first-order valence-corrected chi connectivity index (χ1v) is 6.65. The topological polar surface area (TPSA) is 68.0 Å². The van der Waals surface area contributed by atoms with Crippen LogP contribution < -0.4 is 11.1 Å². The first-order chi connectivity index (χ1) is 9.25. The Morgan fingerprint density at radius 2 is 2.00 bits per heavy atom. The van der Waals surface area contributed by atoms with E-state index in [1.54, 1.807) is 6.07 Å². The molecule has 3 rings (SSSR count). The molecule has 1 aromatic carbocycles. The van der Waals surface area contributed by atoms with Crippen LogP contribution in [0.5, 0.6) is 0 Å². The van der Waals surface area contributed by atoms with Crippen molar-refractivity contribution in [3.8, 4) is 0 Å². The molecule has 1 aliphatic heterocycles. The Labute approximate surface area is 124 Å². The Morgan fingerprint density at radius 3 is 2.70 bits per heavy atom. The maximum atomic E-state index is 11.3. The van der Waals surface area contributed by atoms with Gasteiger partial charge in [0.1, 0.15) is 0 Å². The number of benzene rings is 1. The maximum Gasteiger partial charge on any atom is 0.248 e. The predicted molar refractivity (Wildman–Crippen MR) is 82.4 cm³/mol. The molecule has 0 radical (unpaired) electrons. The number of amides is 1.